The molecule has 1 aliphatic rings. The van der Waals surface area contributed by atoms with Gasteiger partial charge < -0.3 is 15.0 Å². The number of hydrogen-bond donors (Lipinski definition) is 1. The van der Waals surface area contributed by atoms with Crippen LogP contribution in [0, 0.1) is 11.8 Å². The maximum atomic E-state index is 11.9. The number of likely N-dealkylation sites (N-methyl/N-ethyl adjacent to an activating group) is 1. The lowest BCUT2D eigenvalue weighted by Gasteiger charge is -2.24. The summed E-state index contributed by atoms with van der Waals surface area (Å²) < 4.78 is 5.36. The zero-order valence-corrected chi connectivity index (χ0v) is 17.9. The van der Waals surface area contributed by atoms with Crippen molar-refractivity contribution in [3.8, 4) is 0 Å². The number of hydrogen-bond acceptors (Lipinski definition) is 3. The van der Waals surface area contributed by atoms with Gasteiger partial charge in [-0.2, -0.15) is 0 Å². The van der Waals surface area contributed by atoms with Crippen molar-refractivity contribution in [2.24, 2.45) is 11.8 Å². The summed E-state index contributed by atoms with van der Waals surface area (Å²) in [7, 11) is 1.77. The second-order valence-electron chi connectivity index (χ2n) is 9.05. The molecule has 0 saturated heterocycles. The molecule has 1 fully saturated rings. The van der Waals surface area contributed by atoms with Crippen molar-refractivity contribution < 1.29 is 9.53 Å². The van der Waals surface area contributed by atoms with Crippen LogP contribution in [0.3, 0.4) is 0 Å². The first kappa shape index (κ1) is 21.7. The molecule has 0 aliphatic heterocycles. The molecule has 2 atom stereocenters. The van der Waals surface area contributed by atoms with Crippen molar-refractivity contribution in [2.45, 2.75) is 71.9 Å². The number of nitrogens with zero attached hydrogens (tertiary/aromatic N) is 1. The van der Waals surface area contributed by atoms with Crippen molar-refractivity contribution in [1.82, 2.24) is 10.2 Å². The molecule has 0 spiro atoms. The van der Waals surface area contributed by atoms with E-state index in [1.54, 1.807) is 11.9 Å². The third-order valence-electron chi connectivity index (χ3n) is 5.43. The standard InChI is InChI=1S/C23H38N2O2/c1-6-18-7-12-21(15-18)16-19-8-10-20(11-9-19)17-24-13-14-25(5)22(26)27-23(2,3)4/h8-11,18,21,24H,6-7,12-17H2,1-5H3. The van der Waals surface area contributed by atoms with Gasteiger partial charge in [-0.1, -0.05) is 44.0 Å². The SMILES string of the molecule is CCC1CCC(Cc2ccc(CNCCN(C)C(=O)OC(C)(C)C)cc2)C1. The second-order valence-corrected chi connectivity index (χ2v) is 9.05. The summed E-state index contributed by atoms with van der Waals surface area (Å²) in [5.41, 5.74) is 2.30. The summed E-state index contributed by atoms with van der Waals surface area (Å²) in [6.45, 7) is 10.2. The first-order valence-electron chi connectivity index (χ1n) is 10.5. The minimum atomic E-state index is -0.448. The van der Waals surface area contributed by atoms with Crippen molar-refractivity contribution >= 4 is 6.09 Å². The van der Waals surface area contributed by atoms with Gasteiger partial charge in [-0.3, -0.25) is 0 Å². The van der Waals surface area contributed by atoms with Gasteiger partial charge in [0.1, 0.15) is 5.60 Å². The Bertz CT molecular complexity index is 577. The number of nitrogens with one attached hydrogen (secondary N) is 1. The molecule has 1 aromatic carbocycles. The molecule has 2 unspecified atom stereocenters. The van der Waals surface area contributed by atoms with Crippen LogP contribution in [0.15, 0.2) is 24.3 Å². The first-order valence-corrected chi connectivity index (χ1v) is 10.5. The normalized spacial score (nSPS) is 19.9. The van der Waals surface area contributed by atoms with Crippen LogP contribution in [0.1, 0.15) is 64.5 Å². The summed E-state index contributed by atoms with van der Waals surface area (Å²) in [5.74, 6) is 1.83. The van der Waals surface area contributed by atoms with Gasteiger partial charge in [-0.15, -0.1) is 0 Å². The average Bonchev–Trinajstić information content (AvgIpc) is 3.06. The van der Waals surface area contributed by atoms with Crippen LogP contribution < -0.4 is 5.32 Å². The van der Waals surface area contributed by atoms with Gasteiger partial charge in [0.15, 0.2) is 0 Å². The zero-order valence-electron chi connectivity index (χ0n) is 17.9. The van der Waals surface area contributed by atoms with E-state index in [-0.39, 0.29) is 6.09 Å². The van der Waals surface area contributed by atoms with Gasteiger partial charge in [0.05, 0.1) is 0 Å². The summed E-state index contributed by atoms with van der Waals surface area (Å²) in [4.78, 5) is 13.5. The Labute approximate surface area is 165 Å². The van der Waals surface area contributed by atoms with E-state index < -0.39 is 5.60 Å². The van der Waals surface area contributed by atoms with Gasteiger partial charge in [-0.05, 0) is 63.0 Å². The molecule has 0 bridgehead atoms. The molecule has 0 heterocycles. The summed E-state index contributed by atoms with van der Waals surface area (Å²) >= 11 is 0. The van der Waals surface area contributed by atoms with Crippen LogP contribution in [0.25, 0.3) is 0 Å². The molecule has 2 rings (SSSR count). The second kappa shape index (κ2) is 10.1. The van der Waals surface area contributed by atoms with E-state index in [0.717, 1.165) is 24.9 Å². The van der Waals surface area contributed by atoms with Gasteiger partial charge in [-0.25, -0.2) is 4.79 Å². The zero-order chi connectivity index (χ0) is 19.9. The highest BCUT2D eigenvalue weighted by Crippen LogP contribution is 2.34. The molecular formula is C23H38N2O2. The predicted molar refractivity (Wildman–Crippen MR) is 112 cm³/mol. The Balaban J connectivity index is 1.66. The van der Waals surface area contributed by atoms with Crippen molar-refractivity contribution in [3.05, 3.63) is 35.4 Å². The topological polar surface area (TPSA) is 41.6 Å². The van der Waals surface area contributed by atoms with Crippen molar-refractivity contribution in [3.63, 3.8) is 0 Å². The highest BCUT2D eigenvalue weighted by molar-refractivity contribution is 5.67. The quantitative estimate of drug-likeness (QED) is 0.650. The van der Waals surface area contributed by atoms with E-state index in [4.69, 9.17) is 4.74 Å². The van der Waals surface area contributed by atoms with Gasteiger partial charge >= 0.3 is 6.09 Å². The van der Waals surface area contributed by atoms with Gasteiger partial charge in [0.25, 0.3) is 0 Å². The highest BCUT2D eigenvalue weighted by Gasteiger charge is 2.23. The molecule has 1 saturated carbocycles. The summed E-state index contributed by atoms with van der Waals surface area (Å²) in [6.07, 6.45) is 6.51. The van der Waals surface area contributed by atoms with E-state index in [1.807, 2.05) is 20.8 Å². The fourth-order valence-corrected chi connectivity index (χ4v) is 3.77. The van der Waals surface area contributed by atoms with Crippen LogP contribution in [0.5, 0.6) is 0 Å². The lowest BCUT2D eigenvalue weighted by atomic mass is 9.95. The van der Waals surface area contributed by atoms with Crippen molar-refractivity contribution in [2.75, 3.05) is 20.1 Å². The lowest BCUT2D eigenvalue weighted by molar-refractivity contribution is 0.0300. The fraction of sp³-hybridized carbons (Fsp3) is 0.696. The number of ether oxygens (including phenoxy) is 1. The summed E-state index contributed by atoms with van der Waals surface area (Å²) in [6, 6.07) is 9.02. The van der Waals surface area contributed by atoms with E-state index >= 15 is 0 Å². The Morgan fingerprint density at radius 3 is 2.37 bits per heavy atom. The van der Waals surface area contributed by atoms with Crippen molar-refractivity contribution in [1.29, 1.82) is 0 Å². The highest BCUT2D eigenvalue weighted by atomic mass is 16.6. The Kier molecular flexibility index (Phi) is 8.15. The van der Waals surface area contributed by atoms with Crippen LogP contribution in [0.2, 0.25) is 0 Å². The maximum absolute atomic E-state index is 11.9. The third-order valence-corrected chi connectivity index (χ3v) is 5.43. The van der Waals surface area contributed by atoms with Crippen LogP contribution in [-0.4, -0.2) is 36.7 Å². The largest absolute Gasteiger partial charge is 0.444 e. The van der Waals surface area contributed by atoms with E-state index in [2.05, 4.69) is 36.5 Å². The minimum absolute atomic E-state index is 0.272. The number of carbonyl (C=O) groups is 1. The molecule has 1 aromatic rings. The lowest BCUT2D eigenvalue weighted by Crippen LogP contribution is -2.37. The Hall–Kier alpha value is -1.55. The Morgan fingerprint density at radius 2 is 1.78 bits per heavy atom. The van der Waals surface area contributed by atoms with Gasteiger partial charge in [0.2, 0.25) is 0 Å². The molecule has 0 aromatic heterocycles. The molecule has 0 radical (unpaired) electrons. The number of amides is 1. The van der Waals surface area contributed by atoms with Crippen LogP contribution in [0.4, 0.5) is 4.79 Å². The van der Waals surface area contributed by atoms with Gasteiger partial charge in [0, 0.05) is 26.7 Å². The smallest absolute Gasteiger partial charge is 0.410 e. The first-order chi connectivity index (χ1) is 12.8. The molecular weight excluding hydrogens is 336 g/mol. The monoisotopic (exact) mass is 374 g/mol. The molecule has 27 heavy (non-hydrogen) atoms. The Morgan fingerprint density at radius 1 is 1.15 bits per heavy atom. The maximum Gasteiger partial charge on any atom is 0.410 e. The fourth-order valence-electron chi connectivity index (χ4n) is 3.77. The number of carbonyl (C=O) groups excluding carboxylic acids is 1. The van der Waals surface area contributed by atoms with E-state index in [9.17, 15) is 4.79 Å². The minimum Gasteiger partial charge on any atom is -0.444 e. The van der Waals surface area contributed by atoms with Crippen LogP contribution >= 0.6 is 0 Å². The molecule has 1 N–H and O–H groups in total. The number of benzene rings is 1. The van der Waals surface area contributed by atoms with E-state index in [0.29, 0.717) is 6.54 Å². The number of rotatable bonds is 8. The average molecular weight is 375 g/mol. The molecule has 4 heteroatoms. The van der Waals surface area contributed by atoms with Crippen LogP contribution in [-0.2, 0) is 17.7 Å². The molecule has 152 valence electrons. The van der Waals surface area contributed by atoms with E-state index in [1.165, 1.54) is 43.2 Å². The molecule has 1 aliphatic carbocycles. The molecule has 1 amide bonds. The molecule has 4 nitrogen and oxygen atoms in total. The summed E-state index contributed by atoms with van der Waals surface area (Å²) in [5, 5.41) is 3.41. The predicted octanol–water partition coefficient (Wildman–Crippen LogP) is 5.01. The third kappa shape index (κ3) is 7.92.